The van der Waals surface area contributed by atoms with Crippen LogP contribution < -0.4 is 16.3 Å². The van der Waals surface area contributed by atoms with E-state index in [0.29, 0.717) is 11.6 Å². The Kier molecular flexibility index (Phi) is 3.87. The van der Waals surface area contributed by atoms with E-state index in [9.17, 15) is 4.79 Å². The summed E-state index contributed by atoms with van der Waals surface area (Å²) in [5, 5.41) is 7.68. The number of imidazole rings is 1. The second kappa shape index (κ2) is 6.42. The normalized spacial score (nSPS) is 16.9. The monoisotopic (exact) mass is 375 g/mol. The number of nitrogens with one attached hydrogen (secondary N) is 2. The lowest BCUT2D eigenvalue weighted by molar-refractivity contribution is 0.532. The third-order valence-corrected chi connectivity index (χ3v) is 5.43. The topological polar surface area (TPSA) is 89.7 Å². The lowest BCUT2D eigenvalue weighted by atomic mass is 10.1. The van der Waals surface area contributed by atoms with Gasteiger partial charge in [0.2, 0.25) is 5.95 Å². The molecule has 28 heavy (non-hydrogen) atoms. The zero-order valence-corrected chi connectivity index (χ0v) is 15.8. The van der Waals surface area contributed by atoms with E-state index >= 15 is 0 Å². The van der Waals surface area contributed by atoms with Gasteiger partial charge in [-0.15, -0.1) is 0 Å². The lowest BCUT2D eigenvalue weighted by Crippen LogP contribution is -2.27. The Morgan fingerprint density at radius 3 is 3.00 bits per heavy atom. The molecule has 0 unspecified atom stereocenters. The first-order valence-electron chi connectivity index (χ1n) is 9.39. The van der Waals surface area contributed by atoms with Crippen molar-refractivity contribution in [3.8, 4) is 0 Å². The highest BCUT2D eigenvalue weighted by Crippen LogP contribution is 2.25. The quantitative estimate of drug-likeness (QED) is 0.571. The molecule has 1 fully saturated rings. The van der Waals surface area contributed by atoms with Gasteiger partial charge in [0.25, 0.3) is 0 Å². The molecule has 0 bridgehead atoms. The van der Waals surface area contributed by atoms with E-state index in [2.05, 4.69) is 20.6 Å². The molecule has 4 aromatic rings. The molecule has 1 saturated heterocycles. The van der Waals surface area contributed by atoms with Gasteiger partial charge in [-0.2, -0.15) is 4.98 Å². The molecule has 142 valence electrons. The zero-order chi connectivity index (χ0) is 19.3. The van der Waals surface area contributed by atoms with E-state index in [-0.39, 0.29) is 11.7 Å². The Labute approximate surface area is 161 Å². The molecule has 1 aliphatic rings. The summed E-state index contributed by atoms with van der Waals surface area (Å²) in [6.45, 7) is 3.72. The fraction of sp³-hybridized carbons (Fsp3) is 0.300. The van der Waals surface area contributed by atoms with Crippen LogP contribution >= 0.6 is 0 Å². The molecule has 0 amide bonds. The van der Waals surface area contributed by atoms with Crippen molar-refractivity contribution in [3.63, 3.8) is 0 Å². The van der Waals surface area contributed by atoms with Crippen LogP contribution in [0, 0.1) is 6.92 Å². The Hall–Kier alpha value is -3.26. The third kappa shape index (κ3) is 2.65. The fourth-order valence-electron chi connectivity index (χ4n) is 3.86. The number of aromatic nitrogens is 5. The molecular formula is C20H21N7O. The highest BCUT2D eigenvalue weighted by molar-refractivity contribution is 5.85. The summed E-state index contributed by atoms with van der Waals surface area (Å²) in [5.74, 6) is 0.476. The van der Waals surface area contributed by atoms with Crippen LogP contribution in [0.3, 0.4) is 0 Å². The first kappa shape index (κ1) is 16.9. The number of nitrogens with zero attached hydrogens (tertiary/aromatic N) is 5. The number of rotatable bonds is 3. The third-order valence-electron chi connectivity index (χ3n) is 5.43. The summed E-state index contributed by atoms with van der Waals surface area (Å²) < 4.78 is 3.41. The molecular weight excluding hydrogens is 354 g/mol. The fourth-order valence-corrected chi connectivity index (χ4v) is 3.86. The number of hydrogen-bond acceptors (Lipinski definition) is 6. The van der Waals surface area contributed by atoms with Crippen molar-refractivity contribution in [2.45, 2.75) is 19.4 Å². The van der Waals surface area contributed by atoms with Gasteiger partial charge in [-0.1, -0.05) is 6.07 Å². The van der Waals surface area contributed by atoms with E-state index in [4.69, 9.17) is 4.98 Å². The van der Waals surface area contributed by atoms with E-state index in [1.165, 1.54) is 0 Å². The molecule has 0 spiro atoms. The molecule has 0 aliphatic carbocycles. The zero-order valence-electron chi connectivity index (χ0n) is 15.8. The maximum atomic E-state index is 12.7. The lowest BCUT2D eigenvalue weighted by Gasteiger charge is -2.12. The van der Waals surface area contributed by atoms with Crippen LogP contribution in [-0.4, -0.2) is 37.2 Å². The Bertz CT molecular complexity index is 1250. The van der Waals surface area contributed by atoms with Crippen LogP contribution in [0.2, 0.25) is 0 Å². The second-order valence-electron chi connectivity index (χ2n) is 7.25. The Morgan fingerprint density at radius 1 is 1.29 bits per heavy atom. The molecule has 1 aromatic carbocycles. The van der Waals surface area contributed by atoms with E-state index in [1.807, 2.05) is 31.2 Å². The largest absolute Gasteiger partial charge is 0.330 e. The van der Waals surface area contributed by atoms with Crippen molar-refractivity contribution in [3.05, 3.63) is 52.7 Å². The summed E-state index contributed by atoms with van der Waals surface area (Å²) in [6.07, 6.45) is 4.42. The number of aryl methyl sites for hydroxylation is 2. The minimum atomic E-state index is -0.0527. The summed E-state index contributed by atoms with van der Waals surface area (Å²) in [4.78, 5) is 26.3. The van der Waals surface area contributed by atoms with Gasteiger partial charge < -0.3 is 10.6 Å². The standard InChI is InChI=1S/C20H21N7O/c1-12-8-16-13(4-3-6-22-16)9-15(12)24-19-23-11-17-18(25-19)27(20(28)26(17)2)14-5-7-21-10-14/h3-4,6,8-9,11,14,21H,5,7,10H2,1-2H3,(H,23,24,25)/t14-/m0/s1. The van der Waals surface area contributed by atoms with E-state index < -0.39 is 0 Å². The molecule has 1 aliphatic heterocycles. The molecule has 8 nitrogen and oxygen atoms in total. The number of fused-ring (bicyclic) bond motifs is 2. The average Bonchev–Trinajstić information content (AvgIpc) is 3.30. The predicted molar refractivity (Wildman–Crippen MR) is 109 cm³/mol. The number of pyridine rings is 1. The van der Waals surface area contributed by atoms with E-state index in [1.54, 1.807) is 28.6 Å². The number of anilines is 2. The van der Waals surface area contributed by atoms with Gasteiger partial charge in [0.05, 0.1) is 17.8 Å². The molecule has 2 N–H and O–H groups in total. The molecule has 1 atom stereocenters. The van der Waals surface area contributed by atoms with Gasteiger partial charge in [-0.25, -0.2) is 9.78 Å². The number of hydrogen-bond donors (Lipinski definition) is 2. The van der Waals surface area contributed by atoms with Crippen molar-refractivity contribution in [2.75, 3.05) is 18.4 Å². The van der Waals surface area contributed by atoms with Gasteiger partial charge in [0, 0.05) is 30.9 Å². The Morgan fingerprint density at radius 2 is 2.18 bits per heavy atom. The first-order chi connectivity index (χ1) is 13.6. The maximum Gasteiger partial charge on any atom is 0.330 e. The van der Waals surface area contributed by atoms with Crippen LogP contribution in [0.4, 0.5) is 11.6 Å². The van der Waals surface area contributed by atoms with Gasteiger partial charge in [0.15, 0.2) is 5.65 Å². The molecule has 3 aromatic heterocycles. The second-order valence-corrected chi connectivity index (χ2v) is 7.25. The SMILES string of the molecule is Cc1cc2ncccc2cc1Nc1ncc2c(n1)n([C@H]1CCNC1)c(=O)n2C. The molecule has 5 rings (SSSR count). The van der Waals surface area contributed by atoms with E-state index in [0.717, 1.165) is 47.2 Å². The van der Waals surface area contributed by atoms with Crippen LogP contribution in [0.5, 0.6) is 0 Å². The van der Waals surface area contributed by atoms with Crippen molar-refractivity contribution in [1.82, 2.24) is 29.4 Å². The van der Waals surface area contributed by atoms with Crippen LogP contribution in [0.15, 0.2) is 41.5 Å². The highest BCUT2D eigenvalue weighted by Gasteiger charge is 2.23. The minimum absolute atomic E-state index is 0.0527. The Balaban J connectivity index is 1.59. The van der Waals surface area contributed by atoms with Crippen molar-refractivity contribution >= 4 is 33.7 Å². The first-order valence-corrected chi connectivity index (χ1v) is 9.39. The van der Waals surface area contributed by atoms with Crippen LogP contribution in [-0.2, 0) is 7.05 Å². The van der Waals surface area contributed by atoms with Gasteiger partial charge in [-0.3, -0.25) is 14.1 Å². The molecule has 4 heterocycles. The predicted octanol–water partition coefficient (Wildman–Crippen LogP) is 2.26. The van der Waals surface area contributed by atoms with Gasteiger partial charge in [-0.05, 0) is 43.7 Å². The average molecular weight is 375 g/mol. The van der Waals surface area contributed by atoms with Crippen LogP contribution in [0.25, 0.3) is 22.1 Å². The number of benzene rings is 1. The van der Waals surface area contributed by atoms with Gasteiger partial charge >= 0.3 is 5.69 Å². The van der Waals surface area contributed by atoms with Crippen LogP contribution in [0.1, 0.15) is 18.0 Å². The molecule has 8 heteroatoms. The van der Waals surface area contributed by atoms with Crippen molar-refractivity contribution in [2.24, 2.45) is 7.05 Å². The summed E-state index contributed by atoms with van der Waals surface area (Å²) >= 11 is 0. The van der Waals surface area contributed by atoms with Gasteiger partial charge in [0.1, 0.15) is 5.52 Å². The smallest absolute Gasteiger partial charge is 0.324 e. The summed E-state index contributed by atoms with van der Waals surface area (Å²) in [5.41, 5.74) is 4.28. The van der Waals surface area contributed by atoms with Crippen molar-refractivity contribution < 1.29 is 0 Å². The molecule has 0 radical (unpaired) electrons. The molecule has 0 saturated carbocycles. The van der Waals surface area contributed by atoms with Crippen molar-refractivity contribution in [1.29, 1.82) is 0 Å². The maximum absolute atomic E-state index is 12.7. The highest BCUT2D eigenvalue weighted by atomic mass is 16.1. The summed E-state index contributed by atoms with van der Waals surface area (Å²) in [6, 6.07) is 8.15. The minimum Gasteiger partial charge on any atom is -0.324 e. The summed E-state index contributed by atoms with van der Waals surface area (Å²) in [7, 11) is 1.76.